The van der Waals surface area contributed by atoms with Gasteiger partial charge in [-0.25, -0.2) is 9.97 Å². The normalized spacial score (nSPS) is 14.3. The Morgan fingerprint density at radius 3 is 2.32 bits per heavy atom. The lowest BCUT2D eigenvalue weighted by Crippen LogP contribution is -2.38. The van der Waals surface area contributed by atoms with E-state index in [1.54, 1.807) is 24.3 Å². The molecule has 1 saturated heterocycles. The van der Waals surface area contributed by atoms with E-state index in [2.05, 4.69) is 25.9 Å². The molecule has 41 heavy (non-hydrogen) atoms. The first kappa shape index (κ1) is 29.5. The van der Waals surface area contributed by atoms with Crippen molar-refractivity contribution < 1.29 is 14.4 Å². The number of carbonyl (C=O) groups excluding carboxylic acids is 1. The maximum absolute atomic E-state index is 12.7. The van der Waals surface area contributed by atoms with E-state index in [0.717, 1.165) is 24.2 Å². The molecule has 0 unspecified atom stereocenters. The van der Waals surface area contributed by atoms with Crippen LogP contribution in [-0.2, 0) is 9.57 Å². The van der Waals surface area contributed by atoms with Gasteiger partial charge in [0.05, 0.1) is 11.3 Å². The molecule has 0 atom stereocenters. The topological polar surface area (TPSA) is 173 Å². The van der Waals surface area contributed by atoms with Crippen molar-refractivity contribution in [1.29, 1.82) is 5.41 Å². The van der Waals surface area contributed by atoms with Gasteiger partial charge in [0.1, 0.15) is 23.7 Å². The number of hydrogen-bond acceptors (Lipinski definition) is 10. The summed E-state index contributed by atoms with van der Waals surface area (Å²) in [4.78, 5) is 26.1. The van der Waals surface area contributed by atoms with Crippen molar-refractivity contribution in [3.63, 3.8) is 0 Å². The predicted molar refractivity (Wildman–Crippen MR) is 161 cm³/mol. The summed E-state index contributed by atoms with van der Waals surface area (Å²) in [7, 11) is 0. The third-order valence-electron chi connectivity index (χ3n) is 6.73. The van der Waals surface area contributed by atoms with Gasteiger partial charge in [0.2, 0.25) is 0 Å². The molecule has 2 aromatic carbocycles. The zero-order valence-corrected chi connectivity index (χ0v) is 23.7. The summed E-state index contributed by atoms with van der Waals surface area (Å²) < 4.78 is 5.35. The fraction of sp³-hybridized carbons (Fsp3) is 0.333. The van der Waals surface area contributed by atoms with Crippen LogP contribution < -0.4 is 27.6 Å². The highest BCUT2D eigenvalue weighted by atomic mass is 16.6. The van der Waals surface area contributed by atoms with E-state index in [4.69, 9.17) is 26.6 Å². The summed E-state index contributed by atoms with van der Waals surface area (Å²) in [5.74, 6) is 6.54. The summed E-state index contributed by atoms with van der Waals surface area (Å²) in [6.07, 6.45) is 4.87. The minimum atomic E-state index is -0.184. The van der Waals surface area contributed by atoms with E-state index >= 15 is 0 Å². The fourth-order valence-electron chi connectivity index (χ4n) is 4.38. The van der Waals surface area contributed by atoms with Gasteiger partial charge in [-0.3, -0.25) is 10.2 Å². The second-order valence-electron chi connectivity index (χ2n) is 10.8. The monoisotopic (exact) mass is 558 g/mol. The summed E-state index contributed by atoms with van der Waals surface area (Å²) in [5.41, 5.74) is 9.31. The molecule has 3 aromatic rings. The van der Waals surface area contributed by atoms with Gasteiger partial charge in [0, 0.05) is 53.7 Å². The quantitative estimate of drug-likeness (QED) is 0.120. The Bertz CT molecular complexity index is 1380. The highest BCUT2D eigenvalue weighted by Crippen LogP contribution is 2.27. The minimum absolute atomic E-state index is 0.109. The number of nitrogens with zero attached hydrogens (tertiary/aromatic N) is 2. The van der Waals surface area contributed by atoms with Crippen LogP contribution in [0.4, 0.5) is 23.0 Å². The molecular formula is C30H38N8O3. The molecule has 4 rings (SSSR count). The number of ether oxygens (including phenoxy) is 1. The van der Waals surface area contributed by atoms with Crippen molar-refractivity contribution in [2.75, 3.05) is 36.1 Å². The van der Waals surface area contributed by atoms with Gasteiger partial charge < -0.3 is 31.3 Å². The van der Waals surface area contributed by atoms with E-state index in [9.17, 15) is 4.79 Å². The average molecular weight is 559 g/mol. The Morgan fingerprint density at radius 1 is 1.05 bits per heavy atom. The maximum Gasteiger partial charge on any atom is 0.251 e. The van der Waals surface area contributed by atoms with Crippen LogP contribution in [0.25, 0.3) is 0 Å². The van der Waals surface area contributed by atoms with Gasteiger partial charge in [-0.05, 0) is 55.3 Å². The minimum Gasteiger partial charge on any atom is -0.416 e. The largest absolute Gasteiger partial charge is 0.416 e. The van der Waals surface area contributed by atoms with Crippen molar-refractivity contribution in [3.05, 3.63) is 83.4 Å². The third-order valence-corrected chi connectivity index (χ3v) is 6.73. The molecule has 1 aliphatic rings. The number of nitrogen functional groups attached to an aromatic ring is 1. The second kappa shape index (κ2) is 13.2. The molecule has 0 bridgehead atoms. The Labute approximate surface area is 240 Å². The van der Waals surface area contributed by atoms with Gasteiger partial charge in [-0.2, -0.15) is 5.90 Å². The molecule has 1 amide bonds. The number of aromatic nitrogens is 2. The zero-order valence-electron chi connectivity index (χ0n) is 23.7. The number of carbonyl (C=O) groups is 1. The molecule has 1 aliphatic heterocycles. The Balaban J connectivity index is 1.43. The predicted octanol–water partition coefficient (Wildman–Crippen LogP) is 4.36. The lowest BCUT2D eigenvalue weighted by atomic mass is 9.93. The number of amides is 1. The highest BCUT2D eigenvalue weighted by Gasteiger charge is 2.20. The molecule has 1 fully saturated rings. The molecular weight excluding hydrogens is 520 g/mol. The van der Waals surface area contributed by atoms with Gasteiger partial charge in [0.25, 0.3) is 5.91 Å². The number of nitrogens with one attached hydrogen (secondary N) is 4. The molecule has 0 spiro atoms. The summed E-state index contributed by atoms with van der Waals surface area (Å²) in [5, 5.41) is 18.5. The van der Waals surface area contributed by atoms with Crippen LogP contribution in [0.3, 0.4) is 0 Å². The molecule has 11 heteroatoms. The second-order valence-corrected chi connectivity index (χ2v) is 10.8. The molecule has 0 aliphatic carbocycles. The van der Waals surface area contributed by atoms with E-state index in [1.807, 2.05) is 51.1 Å². The van der Waals surface area contributed by atoms with E-state index in [1.165, 1.54) is 6.33 Å². The number of allylic oxidation sites excluding steroid dienone is 1. The van der Waals surface area contributed by atoms with Gasteiger partial charge in [-0.15, -0.1) is 0 Å². The summed E-state index contributed by atoms with van der Waals surface area (Å²) in [6.45, 7) is 7.95. The Morgan fingerprint density at radius 2 is 1.68 bits per heavy atom. The van der Waals surface area contributed by atoms with Crippen molar-refractivity contribution >= 4 is 34.6 Å². The van der Waals surface area contributed by atoms with E-state index in [-0.39, 0.29) is 28.9 Å². The van der Waals surface area contributed by atoms with Crippen LogP contribution >= 0.6 is 0 Å². The lowest BCUT2D eigenvalue weighted by Gasteiger charge is -2.23. The first-order valence-corrected chi connectivity index (χ1v) is 13.5. The van der Waals surface area contributed by atoms with Crippen molar-refractivity contribution in [2.45, 2.75) is 39.7 Å². The van der Waals surface area contributed by atoms with Gasteiger partial charge in [0.15, 0.2) is 0 Å². The first-order valence-electron chi connectivity index (χ1n) is 13.5. The number of anilines is 4. The highest BCUT2D eigenvalue weighted by molar-refractivity contribution is 6.16. The van der Waals surface area contributed by atoms with Crippen LogP contribution in [0, 0.1) is 10.8 Å². The van der Waals surface area contributed by atoms with Crippen molar-refractivity contribution in [1.82, 2.24) is 15.3 Å². The maximum atomic E-state index is 12.7. The first-order chi connectivity index (χ1) is 19.7. The molecule has 1 aromatic heterocycles. The summed E-state index contributed by atoms with van der Waals surface area (Å²) in [6, 6.07) is 14.6. The van der Waals surface area contributed by atoms with Crippen LogP contribution in [0.15, 0.2) is 66.7 Å². The average Bonchev–Trinajstić information content (AvgIpc) is 2.96. The molecule has 11 nitrogen and oxygen atoms in total. The molecule has 216 valence electrons. The molecule has 2 heterocycles. The molecule has 8 N–H and O–H groups in total. The van der Waals surface area contributed by atoms with Crippen LogP contribution in [-0.4, -0.2) is 47.4 Å². The fourth-order valence-corrected chi connectivity index (χ4v) is 4.38. The van der Waals surface area contributed by atoms with Crippen molar-refractivity contribution in [2.24, 2.45) is 11.3 Å². The molecule has 0 saturated carbocycles. The number of rotatable bonds is 10. The third kappa shape index (κ3) is 7.80. The smallest absolute Gasteiger partial charge is 0.251 e. The lowest BCUT2D eigenvalue weighted by molar-refractivity contribution is 0.0696. The van der Waals surface area contributed by atoms with Crippen LogP contribution in [0.5, 0.6) is 0 Å². The van der Waals surface area contributed by atoms with Gasteiger partial charge in [-0.1, -0.05) is 32.9 Å². The standard InChI is InChI=1S/C30H38N8O3/c1-30(2,3)24(41-33)12-15-34-21-8-10-22(11-9-21)37-28-25(27(32)35-18-36-28)26(31)19-4-6-20(7-5-19)29(39)38-23-13-16-40-17-14-23/h4-12,18,23,31,34H,13-17,33H2,1-3H3,(H,38,39)(H3,32,35,36,37)/b24-12-,31-26?. The van der Waals surface area contributed by atoms with E-state index < -0.39 is 0 Å². The van der Waals surface area contributed by atoms with Crippen LogP contribution in [0.1, 0.15) is 55.1 Å². The zero-order chi connectivity index (χ0) is 29.4. The van der Waals surface area contributed by atoms with Gasteiger partial charge >= 0.3 is 0 Å². The Hall–Kier alpha value is -4.48. The number of hydrogen-bond donors (Lipinski definition) is 6. The van der Waals surface area contributed by atoms with E-state index in [0.29, 0.717) is 48.0 Å². The van der Waals surface area contributed by atoms with Crippen LogP contribution in [0.2, 0.25) is 0 Å². The SMILES string of the molecule is CC(C)(C)/C(=C/CNc1ccc(Nc2ncnc(N)c2C(=N)c2ccc(C(=O)NC3CCOCC3)cc2)cc1)ON. The molecule has 0 radical (unpaired) electrons. The summed E-state index contributed by atoms with van der Waals surface area (Å²) >= 11 is 0. The number of benzene rings is 2. The number of nitrogens with two attached hydrogens (primary N) is 2. The Kier molecular flexibility index (Phi) is 9.53. The van der Waals surface area contributed by atoms with Crippen molar-refractivity contribution in [3.8, 4) is 0 Å².